The second-order valence-corrected chi connectivity index (χ2v) is 4.62. The number of hydrogen-bond donors (Lipinski definition) is 1. The highest BCUT2D eigenvalue weighted by molar-refractivity contribution is 5.84. The monoisotopic (exact) mass is 279 g/mol. The molecular formula is C16H13N3O2. The molecule has 0 radical (unpaired) electrons. The van der Waals surface area contributed by atoms with Crippen molar-refractivity contribution in [3.8, 4) is 16.8 Å². The fourth-order valence-electron chi connectivity index (χ4n) is 2.24. The van der Waals surface area contributed by atoms with E-state index in [0.717, 1.165) is 16.8 Å². The number of aryl methyl sites for hydroxylation is 1. The van der Waals surface area contributed by atoms with Crippen molar-refractivity contribution in [2.75, 3.05) is 0 Å². The van der Waals surface area contributed by atoms with Crippen molar-refractivity contribution in [3.63, 3.8) is 0 Å². The number of rotatable bonds is 3. The maximum atomic E-state index is 11.2. The van der Waals surface area contributed by atoms with E-state index in [2.05, 4.69) is 10.2 Å². The van der Waals surface area contributed by atoms with Gasteiger partial charge in [0.25, 0.3) is 0 Å². The van der Waals surface area contributed by atoms with Crippen LogP contribution in [0, 0.1) is 6.92 Å². The van der Waals surface area contributed by atoms with E-state index in [9.17, 15) is 4.79 Å². The van der Waals surface area contributed by atoms with Crippen molar-refractivity contribution < 1.29 is 9.90 Å². The van der Waals surface area contributed by atoms with Gasteiger partial charge >= 0.3 is 5.97 Å². The van der Waals surface area contributed by atoms with Crippen LogP contribution < -0.4 is 0 Å². The van der Waals surface area contributed by atoms with Gasteiger partial charge in [-0.1, -0.05) is 42.5 Å². The molecule has 2 aromatic carbocycles. The summed E-state index contributed by atoms with van der Waals surface area (Å²) in [5.41, 5.74) is 2.92. The molecule has 21 heavy (non-hydrogen) atoms. The molecule has 0 aliphatic carbocycles. The number of carboxylic acids is 1. The summed E-state index contributed by atoms with van der Waals surface area (Å²) in [4.78, 5) is 11.2. The first-order valence-corrected chi connectivity index (χ1v) is 6.48. The van der Waals surface area contributed by atoms with E-state index in [1.54, 1.807) is 6.92 Å². The Morgan fingerprint density at radius 2 is 1.57 bits per heavy atom. The Morgan fingerprint density at radius 1 is 0.952 bits per heavy atom. The average Bonchev–Trinajstić information content (AvgIpc) is 2.90. The highest BCUT2D eigenvalue weighted by atomic mass is 16.4. The number of aromatic nitrogens is 3. The SMILES string of the molecule is Cc1nnc(C(=O)O)n1-c1ccc(-c2ccccc2)cc1. The minimum Gasteiger partial charge on any atom is -0.475 e. The standard InChI is InChI=1S/C16H13N3O2/c1-11-17-18-15(16(20)21)19(11)14-9-7-13(8-10-14)12-5-3-2-4-6-12/h2-10H,1H3,(H,20,21). The van der Waals surface area contributed by atoms with Crippen molar-refractivity contribution in [3.05, 3.63) is 66.2 Å². The lowest BCUT2D eigenvalue weighted by atomic mass is 10.1. The van der Waals surface area contributed by atoms with E-state index < -0.39 is 5.97 Å². The molecule has 0 unspecified atom stereocenters. The molecule has 0 spiro atoms. The first kappa shape index (κ1) is 13.1. The van der Waals surface area contributed by atoms with Crippen LogP contribution >= 0.6 is 0 Å². The van der Waals surface area contributed by atoms with Crippen LogP contribution in [0.2, 0.25) is 0 Å². The molecule has 0 saturated heterocycles. The molecule has 3 aromatic rings. The Hall–Kier alpha value is -2.95. The van der Waals surface area contributed by atoms with Gasteiger partial charge in [0, 0.05) is 5.69 Å². The molecule has 5 heteroatoms. The van der Waals surface area contributed by atoms with Crippen molar-refractivity contribution >= 4 is 5.97 Å². The average molecular weight is 279 g/mol. The normalized spacial score (nSPS) is 10.5. The van der Waals surface area contributed by atoms with Crippen molar-refractivity contribution in [1.82, 2.24) is 14.8 Å². The van der Waals surface area contributed by atoms with Crippen LogP contribution in [0.25, 0.3) is 16.8 Å². The summed E-state index contributed by atoms with van der Waals surface area (Å²) in [5, 5.41) is 16.7. The second-order valence-electron chi connectivity index (χ2n) is 4.62. The van der Waals surface area contributed by atoms with Crippen LogP contribution in [-0.4, -0.2) is 25.8 Å². The van der Waals surface area contributed by atoms with Gasteiger partial charge < -0.3 is 5.11 Å². The van der Waals surface area contributed by atoms with Gasteiger partial charge in [0.15, 0.2) is 0 Å². The smallest absolute Gasteiger partial charge is 0.374 e. The Bertz CT molecular complexity index is 777. The summed E-state index contributed by atoms with van der Waals surface area (Å²) < 4.78 is 1.52. The van der Waals surface area contributed by atoms with Gasteiger partial charge in [0.1, 0.15) is 5.82 Å². The van der Waals surface area contributed by atoms with Crippen LogP contribution in [0.5, 0.6) is 0 Å². The Balaban J connectivity index is 2.03. The van der Waals surface area contributed by atoms with Gasteiger partial charge in [0.2, 0.25) is 5.82 Å². The van der Waals surface area contributed by atoms with Gasteiger partial charge in [-0.05, 0) is 30.2 Å². The van der Waals surface area contributed by atoms with Crippen LogP contribution in [0.1, 0.15) is 16.4 Å². The van der Waals surface area contributed by atoms with Crippen LogP contribution in [0.3, 0.4) is 0 Å². The second kappa shape index (κ2) is 5.20. The van der Waals surface area contributed by atoms with Crippen LogP contribution in [0.4, 0.5) is 0 Å². The van der Waals surface area contributed by atoms with E-state index in [1.165, 1.54) is 4.57 Å². The van der Waals surface area contributed by atoms with Gasteiger partial charge in [-0.3, -0.25) is 4.57 Å². The largest absolute Gasteiger partial charge is 0.475 e. The fraction of sp³-hybridized carbons (Fsp3) is 0.0625. The van der Waals surface area contributed by atoms with Crippen molar-refractivity contribution in [2.24, 2.45) is 0 Å². The molecule has 0 fully saturated rings. The fourth-order valence-corrected chi connectivity index (χ4v) is 2.24. The number of benzene rings is 2. The molecule has 0 atom stereocenters. The number of carboxylic acid groups (broad SMARTS) is 1. The third-order valence-corrected chi connectivity index (χ3v) is 3.25. The number of carbonyl (C=O) groups is 1. The molecule has 5 nitrogen and oxygen atoms in total. The van der Waals surface area contributed by atoms with Gasteiger partial charge in [-0.15, -0.1) is 10.2 Å². The van der Waals surface area contributed by atoms with E-state index >= 15 is 0 Å². The molecule has 0 aliphatic heterocycles. The Kier molecular flexibility index (Phi) is 3.23. The number of nitrogens with zero attached hydrogens (tertiary/aromatic N) is 3. The minimum absolute atomic E-state index is 0.0834. The molecule has 1 aromatic heterocycles. The van der Waals surface area contributed by atoms with Gasteiger partial charge in [-0.2, -0.15) is 0 Å². The van der Waals surface area contributed by atoms with Gasteiger partial charge in [0.05, 0.1) is 0 Å². The topological polar surface area (TPSA) is 68.0 Å². The first-order valence-electron chi connectivity index (χ1n) is 6.48. The van der Waals surface area contributed by atoms with Crippen molar-refractivity contribution in [1.29, 1.82) is 0 Å². The summed E-state index contributed by atoms with van der Waals surface area (Å²) in [6, 6.07) is 17.6. The molecule has 3 rings (SSSR count). The highest BCUT2D eigenvalue weighted by Crippen LogP contribution is 2.21. The summed E-state index contributed by atoms with van der Waals surface area (Å²) in [5.74, 6) is -0.637. The first-order chi connectivity index (χ1) is 10.2. The minimum atomic E-state index is -1.09. The lowest BCUT2D eigenvalue weighted by molar-refractivity contribution is 0.0680. The zero-order valence-corrected chi connectivity index (χ0v) is 11.4. The van der Waals surface area contributed by atoms with E-state index in [0.29, 0.717) is 5.82 Å². The molecular weight excluding hydrogens is 266 g/mol. The summed E-state index contributed by atoms with van der Waals surface area (Å²) in [7, 11) is 0. The van der Waals surface area contributed by atoms with Crippen LogP contribution in [0.15, 0.2) is 54.6 Å². The molecule has 0 bridgehead atoms. The van der Waals surface area contributed by atoms with Gasteiger partial charge in [-0.25, -0.2) is 4.79 Å². The third kappa shape index (κ3) is 2.41. The molecule has 0 saturated carbocycles. The zero-order valence-electron chi connectivity index (χ0n) is 11.4. The molecule has 104 valence electrons. The summed E-state index contributed by atoms with van der Waals surface area (Å²) >= 11 is 0. The maximum Gasteiger partial charge on any atom is 0.374 e. The summed E-state index contributed by atoms with van der Waals surface area (Å²) in [6.45, 7) is 1.73. The number of aromatic carboxylic acids is 1. The maximum absolute atomic E-state index is 11.2. The van der Waals surface area contributed by atoms with E-state index in [-0.39, 0.29) is 5.82 Å². The predicted molar refractivity (Wildman–Crippen MR) is 78.5 cm³/mol. The quantitative estimate of drug-likeness (QED) is 0.800. The Morgan fingerprint density at radius 3 is 2.19 bits per heavy atom. The number of hydrogen-bond acceptors (Lipinski definition) is 3. The molecule has 1 heterocycles. The molecule has 0 amide bonds. The summed E-state index contributed by atoms with van der Waals surface area (Å²) in [6.07, 6.45) is 0. The highest BCUT2D eigenvalue weighted by Gasteiger charge is 2.16. The van der Waals surface area contributed by atoms with E-state index in [1.807, 2.05) is 54.6 Å². The van der Waals surface area contributed by atoms with Crippen molar-refractivity contribution in [2.45, 2.75) is 6.92 Å². The Labute approximate surface area is 121 Å². The van der Waals surface area contributed by atoms with E-state index in [4.69, 9.17) is 5.11 Å². The molecule has 1 N–H and O–H groups in total. The zero-order chi connectivity index (χ0) is 14.8. The lowest BCUT2D eigenvalue weighted by Gasteiger charge is -2.08. The molecule has 0 aliphatic rings. The third-order valence-electron chi connectivity index (χ3n) is 3.25. The van der Waals surface area contributed by atoms with Crippen LogP contribution in [-0.2, 0) is 0 Å². The predicted octanol–water partition coefficient (Wildman–Crippen LogP) is 2.94. The lowest BCUT2D eigenvalue weighted by Crippen LogP contribution is -2.09.